The third-order valence-electron chi connectivity index (χ3n) is 4.79. The predicted molar refractivity (Wildman–Crippen MR) is 106 cm³/mol. The molecule has 0 atom stereocenters. The quantitative estimate of drug-likeness (QED) is 0.679. The van der Waals surface area contributed by atoms with E-state index in [1.54, 1.807) is 13.0 Å². The first-order valence-corrected chi connectivity index (χ1v) is 9.61. The lowest BCUT2D eigenvalue weighted by Gasteiger charge is -2.22. The molecule has 1 aliphatic rings. The lowest BCUT2D eigenvalue weighted by atomic mass is 10.0. The van der Waals surface area contributed by atoms with Gasteiger partial charge in [-0.25, -0.2) is 4.98 Å². The zero-order valence-electron chi connectivity index (χ0n) is 16.0. The van der Waals surface area contributed by atoms with E-state index in [2.05, 4.69) is 15.5 Å². The van der Waals surface area contributed by atoms with E-state index >= 15 is 0 Å². The zero-order chi connectivity index (χ0) is 19.9. The Morgan fingerprint density at radius 2 is 2.00 bits per heavy atom. The topological polar surface area (TPSA) is 80.9 Å². The van der Waals surface area contributed by atoms with Gasteiger partial charge in [-0.2, -0.15) is 4.98 Å². The Hall–Kier alpha value is -2.73. The highest BCUT2D eigenvalue weighted by Crippen LogP contribution is 2.44. The summed E-state index contributed by atoms with van der Waals surface area (Å²) in [5.74, 6) is 1.07. The van der Waals surface area contributed by atoms with Crippen LogP contribution < -0.4 is 5.32 Å². The van der Waals surface area contributed by atoms with Crippen LogP contribution in [0.25, 0.3) is 11.3 Å². The minimum absolute atomic E-state index is 0.293. The summed E-state index contributed by atoms with van der Waals surface area (Å²) in [6.45, 7) is 5.36. The van der Waals surface area contributed by atoms with Crippen molar-refractivity contribution in [3.63, 3.8) is 0 Å². The summed E-state index contributed by atoms with van der Waals surface area (Å²) in [7, 11) is 0. The number of nitrogens with one attached hydrogen (secondary N) is 1. The molecule has 144 valence electrons. The van der Waals surface area contributed by atoms with Crippen molar-refractivity contribution in [1.82, 2.24) is 20.4 Å². The third-order valence-corrected chi connectivity index (χ3v) is 5.02. The van der Waals surface area contributed by atoms with Crippen LogP contribution in [-0.4, -0.2) is 21.0 Å². The molecule has 0 saturated heterocycles. The average Bonchev–Trinajstić information content (AvgIpc) is 3.40. The van der Waals surface area contributed by atoms with Crippen LogP contribution in [0.4, 0.5) is 0 Å². The maximum atomic E-state index is 12.9. The van der Waals surface area contributed by atoms with Gasteiger partial charge < -0.3 is 9.84 Å². The summed E-state index contributed by atoms with van der Waals surface area (Å²) in [5, 5.41) is 7.51. The molecule has 7 heteroatoms. The highest BCUT2D eigenvalue weighted by atomic mass is 35.5. The Morgan fingerprint density at radius 1 is 1.21 bits per heavy atom. The van der Waals surface area contributed by atoms with Crippen molar-refractivity contribution in [2.24, 2.45) is 0 Å². The smallest absolute Gasteiger partial charge is 0.270 e. The van der Waals surface area contributed by atoms with Crippen LogP contribution in [0.3, 0.4) is 0 Å². The van der Waals surface area contributed by atoms with Crippen LogP contribution in [0.1, 0.15) is 60.4 Å². The van der Waals surface area contributed by atoms with E-state index in [1.165, 1.54) is 0 Å². The van der Waals surface area contributed by atoms with E-state index in [1.807, 2.05) is 44.2 Å². The van der Waals surface area contributed by atoms with Crippen LogP contribution in [0.5, 0.6) is 0 Å². The molecule has 2 heterocycles. The number of nitrogens with zero attached hydrogens (tertiary/aromatic N) is 3. The number of hydrogen-bond acceptors (Lipinski definition) is 5. The molecule has 1 amide bonds. The van der Waals surface area contributed by atoms with Gasteiger partial charge >= 0.3 is 0 Å². The molecule has 0 spiro atoms. The molecule has 0 radical (unpaired) electrons. The second-order valence-electron chi connectivity index (χ2n) is 7.64. The van der Waals surface area contributed by atoms with Gasteiger partial charge in [0, 0.05) is 17.5 Å². The Morgan fingerprint density at radius 3 is 2.64 bits per heavy atom. The van der Waals surface area contributed by atoms with E-state index in [4.69, 9.17) is 21.1 Å². The van der Waals surface area contributed by atoms with Crippen molar-refractivity contribution >= 4 is 17.5 Å². The number of benzene rings is 1. The molecular weight excluding hydrogens is 376 g/mol. The molecule has 4 rings (SSSR count). The third kappa shape index (κ3) is 3.78. The predicted octanol–water partition coefficient (Wildman–Crippen LogP) is 4.64. The summed E-state index contributed by atoms with van der Waals surface area (Å²) in [6.07, 6.45) is 2.29. The summed E-state index contributed by atoms with van der Waals surface area (Å²) in [4.78, 5) is 21.8. The number of carbonyl (C=O) groups is 1. The average molecular weight is 397 g/mol. The lowest BCUT2D eigenvalue weighted by molar-refractivity contribution is 0.0902. The highest BCUT2D eigenvalue weighted by Gasteiger charge is 2.31. The van der Waals surface area contributed by atoms with Crippen molar-refractivity contribution in [2.75, 3.05) is 0 Å². The summed E-state index contributed by atoms with van der Waals surface area (Å²) in [5.41, 5.74) is 2.43. The fourth-order valence-electron chi connectivity index (χ4n) is 3.14. The van der Waals surface area contributed by atoms with E-state index < -0.39 is 5.54 Å². The fraction of sp³-hybridized carbons (Fsp3) is 0.333. The van der Waals surface area contributed by atoms with Crippen LogP contribution in [0, 0.1) is 6.92 Å². The molecular formula is C21H21ClN4O2. The second-order valence-corrected chi connectivity index (χ2v) is 8.07. The molecule has 1 fully saturated rings. The largest absolute Gasteiger partial charge is 0.340 e. The van der Waals surface area contributed by atoms with Gasteiger partial charge in [-0.1, -0.05) is 35.0 Å². The number of hydrogen-bond donors (Lipinski definition) is 1. The van der Waals surface area contributed by atoms with Gasteiger partial charge in [0.25, 0.3) is 5.91 Å². The van der Waals surface area contributed by atoms with Gasteiger partial charge in [0.05, 0.1) is 11.2 Å². The molecule has 1 N–H and O–H groups in total. The number of aromatic nitrogens is 3. The normalized spacial score (nSPS) is 14.1. The minimum Gasteiger partial charge on any atom is -0.340 e. The van der Waals surface area contributed by atoms with Crippen LogP contribution in [0.15, 0.2) is 40.9 Å². The molecule has 0 bridgehead atoms. The molecule has 6 nitrogen and oxygen atoms in total. The Bertz CT molecular complexity index is 1040. The SMILES string of the molecule is Cc1nc(C(C)(C)NC(=O)c2ccc(C3CC3)c(-c3cccc(Cl)c3)n2)no1. The van der Waals surface area contributed by atoms with Gasteiger partial charge in [0.1, 0.15) is 5.69 Å². The molecule has 3 aromatic rings. The number of amides is 1. The van der Waals surface area contributed by atoms with Crippen LogP contribution in [-0.2, 0) is 5.54 Å². The highest BCUT2D eigenvalue weighted by molar-refractivity contribution is 6.30. The fourth-order valence-corrected chi connectivity index (χ4v) is 3.33. The molecule has 0 aliphatic heterocycles. The molecule has 1 saturated carbocycles. The molecule has 28 heavy (non-hydrogen) atoms. The number of carbonyl (C=O) groups excluding carboxylic acids is 1. The molecule has 1 aliphatic carbocycles. The van der Waals surface area contributed by atoms with Gasteiger partial charge in [-0.15, -0.1) is 0 Å². The zero-order valence-corrected chi connectivity index (χ0v) is 16.7. The maximum absolute atomic E-state index is 12.9. The lowest BCUT2D eigenvalue weighted by Crippen LogP contribution is -2.42. The first-order valence-electron chi connectivity index (χ1n) is 9.24. The van der Waals surface area contributed by atoms with E-state index in [9.17, 15) is 4.79 Å². The van der Waals surface area contributed by atoms with Gasteiger partial charge in [0.15, 0.2) is 5.82 Å². The Kier molecular flexibility index (Phi) is 4.67. The van der Waals surface area contributed by atoms with Crippen molar-refractivity contribution in [3.05, 3.63) is 64.4 Å². The van der Waals surface area contributed by atoms with E-state index in [0.29, 0.717) is 28.3 Å². The first kappa shape index (κ1) is 18.6. The number of rotatable bonds is 5. The van der Waals surface area contributed by atoms with Crippen molar-refractivity contribution in [1.29, 1.82) is 0 Å². The molecule has 2 aromatic heterocycles. The van der Waals surface area contributed by atoms with Gasteiger partial charge in [-0.05, 0) is 56.4 Å². The first-order chi connectivity index (χ1) is 13.3. The monoisotopic (exact) mass is 396 g/mol. The minimum atomic E-state index is -0.790. The van der Waals surface area contributed by atoms with Crippen molar-refractivity contribution in [3.8, 4) is 11.3 Å². The van der Waals surface area contributed by atoms with E-state index in [0.717, 1.165) is 29.7 Å². The van der Waals surface area contributed by atoms with Crippen molar-refractivity contribution < 1.29 is 9.32 Å². The number of aryl methyl sites for hydroxylation is 1. The number of halogens is 1. The summed E-state index contributed by atoms with van der Waals surface area (Å²) in [6, 6.07) is 11.3. The van der Waals surface area contributed by atoms with Crippen LogP contribution >= 0.6 is 11.6 Å². The van der Waals surface area contributed by atoms with E-state index in [-0.39, 0.29) is 5.91 Å². The van der Waals surface area contributed by atoms with Crippen molar-refractivity contribution in [2.45, 2.75) is 45.1 Å². The van der Waals surface area contributed by atoms with Gasteiger partial charge in [0.2, 0.25) is 5.89 Å². The summed E-state index contributed by atoms with van der Waals surface area (Å²) < 4.78 is 5.03. The van der Waals surface area contributed by atoms with Gasteiger partial charge in [-0.3, -0.25) is 4.79 Å². The summed E-state index contributed by atoms with van der Waals surface area (Å²) >= 11 is 6.17. The standard InChI is InChI=1S/C21H21ClN4O2/c1-12-23-20(26-28-12)21(2,3)25-19(27)17-10-9-16(13-7-8-13)18(24-17)14-5-4-6-15(22)11-14/h4-6,9-11,13H,7-8H2,1-3H3,(H,25,27). The Labute approximate surface area is 168 Å². The second kappa shape index (κ2) is 7.02. The maximum Gasteiger partial charge on any atom is 0.270 e. The Balaban J connectivity index is 1.66. The molecule has 1 aromatic carbocycles. The molecule has 0 unspecified atom stereocenters. The number of pyridine rings is 1. The van der Waals surface area contributed by atoms with Crippen LogP contribution in [0.2, 0.25) is 5.02 Å².